The van der Waals surface area contributed by atoms with Gasteiger partial charge in [-0.05, 0) is 56.0 Å². The molecule has 1 aliphatic carbocycles. The summed E-state index contributed by atoms with van der Waals surface area (Å²) in [4.78, 5) is 33.8. The van der Waals surface area contributed by atoms with Gasteiger partial charge in [0, 0.05) is 25.2 Å². The third-order valence-electron chi connectivity index (χ3n) is 6.07. The van der Waals surface area contributed by atoms with E-state index < -0.39 is 16.9 Å². The quantitative estimate of drug-likeness (QED) is 0.474. The molecule has 2 aliphatic rings. The first-order chi connectivity index (χ1) is 15.4. The molecular formula is C23H25FN6O2. The van der Waals surface area contributed by atoms with Crippen LogP contribution < -0.4 is 16.6 Å². The number of aromatic amines is 1. The lowest BCUT2D eigenvalue weighted by Gasteiger charge is -2.42. The normalized spacial score (nSPS) is 18.1. The van der Waals surface area contributed by atoms with E-state index in [1.807, 2.05) is 4.90 Å². The SMILES string of the molecule is N#CCC1(Nc2cc[nH]c(=O)c2C(N)=Nc2ccc(F)cc2)CCN(C(=O)C2CC2)CC1. The maximum atomic E-state index is 13.2. The first-order valence-electron chi connectivity index (χ1n) is 10.7. The highest BCUT2D eigenvalue weighted by Gasteiger charge is 2.40. The molecule has 0 bridgehead atoms. The van der Waals surface area contributed by atoms with Gasteiger partial charge in [-0.15, -0.1) is 0 Å². The predicted molar refractivity (Wildman–Crippen MR) is 119 cm³/mol. The summed E-state index contributed by atoms with van der Waals surface area (Å²) in [5.74, 6) is -0.0573. The van der Waals surface area contributed by atoms with Crippen molar-refractivity contribution >= 4 is 23.1 Å². The van der Waals surface area contributed by atoms with Crippen molar-refractivity contribution in [2.24, 2.45) is 16.6 Å². The standard InChI is InChI=1S/C23H25FN6O2/c24-16-3-5-17(6-4-16)28-20(26)19-18(7-12-27-21(19)31)29-23(8-11-25)9-13-30(14-10-23)22(32)15-1-2-15/h3-7,12,15H,1-2,8-10,13-14H2,(H2,26,28)(H2,27,29,31). The molecule has 1 aromatic heterocycles. The van der Waals surface area contributed by atoms with Crippen LogP contribution in [0.4, 0.5) is 15.8 Å². The molecule has 4 N–H and O–H groups in total. The number of amides is 1. The molecule has 166 valence electrons. The van der Waals surface area contributed by atoms with Gasteiger partial charge >= 0.3 is 0 Å². The van der Waals surface area contributed by atoms with Crippen LogP contribution in [0.25, 0.3) is 0 Å². The van der Waals surface area contributed by atoms with E-state index in [1.165, 1.54) is 30.5 Å². The van der Waals surface area contributed by atoms with Crippen LogP contribution in [-0.2, 0) is 4.79 Å². The minimum atomic E-state index is -0.590. The summed E-state index contributed by atoms with van der Waals surface area (Å²) in [7, 11) is 0. The number of hydrogen-bond acceptors (Lipinski definition) is 5. The summed E-state index contributed by atoms with van der Waals surface area (Å²) in [5, 5.41) is 12.9. The number of nitrogens with two attached hydrogens (primary N) is 1. The van der Waals surface area contributed by atoms with E-state index in [9.17, 15) is 19.2 Å². The third-order valence-corrected chi connectivity index (χ3v) is 6.07. The highest BCUT2D eigenvalue weighted by molar-refractivity contribution is 6.03. The number of nitrogens with zero attached hydrogens (tertiary/aromatic N) is 3. The zero-order valence-corrected chi connectivity index (χ0v) is 17.6. The van der Waals surface area contributed by atoms with Crippen molar-refractivity contribution in [1.29, 1.82) is 5.26 Å². The summed E-state index contributed by atoms with van der Waals surface area (Å²) in [6, 6.07) is 9.39. The van der Waals surface area contributed by atoms with Gasteiger partial charge in [-0.3, -0.25) is 9.59 Å². The molecule has 1 amide bonds. The summed E-state index contributed by atoms with van der Waals surface area (Å²) >= 11 is 0. The number of carbonyl (C=O) groups excluding carboxylic acids is 1. The number of aliphatic imine (C=N–C) groups is 1. The average molecular weight is 436 g/mol. The van der Waals surface area contributed by atoms with Gasteiger partial charge in [0.25, 0.3) is 5.56 Å². The van der Waals surface area contributed by atoms with E-state index in [0.29, 0.717) is 37.3 Å². The Morgan fingerprint density at radius 1 is 1.28 bits per heavy atom. The maximum Gasteiger partial charge on any atom is 0.261 e. The molecule has 0 spiro atoms. The minimum absolute atomic E-state index is 0.0191. The summed E-state index contributed by atoms with van der Waals surface area (Å²) in [6.45, 7) is 1.11. The third kappa shape index (κ3) is 4.64. The molecule has 8 nitrogen and oxygen atoms in total. The number of likely N-dealkylation sites (tertiary alicyclic amines) is 1. The van der Waals surface area contributed by atoms with Crippen LogP contribution >= 0.6 is 0 Å². The Hall–Kier alpha value is -3.67. The van der Waals surface area contributed by atoms with Crippen molar-refractivity contribution in [3.05, 3.63) is 58.3 Å². The molecule has 1 saturated carbocycles. The largest absolute Gasteiger partial charge is 0.383 e. The van der Waals surface area contributed by atoms with Crippen molar-refractivity contribution in [3.63, 3.8) is 0 Å². The topological polar surface area (TPSA) is 127 Å². The van der Waals surface area contributed by atoms with Crippen LogP contribution in [0.3, 0.4) is 0 Å². The number of aromatic nitrogens is 1. The van der Waals surface area contributed by atoms with E-state index in [2.05, 4.69) is 21.4 Å². The molecule has 0 unspecified atom stereocenters. The number of halogens is 1. The van der Waals surface area contributed by atoms with E-state index in [1.54, 1.807) is 6.07 Å². The Labute approximate surface area is 185 Å². The lowest BCUT2D eigenvalue weighted by Crippen LogP contribution is -2.51. The smallest absolute Gasteiger partial charge is 0.261 e. The fourth-order valence-electron chi connectivity index (χ4n) is 4.07. The van der Waals surface area contributed by atoms with E-state index in [-0.39, 0.29) is 29.6 Å². The van der Waals surface area contributed by atoms with Gasteiger partial charge in [0.15, 0.2) is 0 Å². The van der Waals surface area contributed by atoms with Crippen LogP contribution in [0, 0.1) is 23.1 Å². The molecule has 32 heavy (non-hydrogen) atoms. The molecule has 0 radical (unpaired) electrons. The number of benzene rings is 1. The van der Waals surface area contributed by atoms with E-state index in [4.69, 9.17) is 5.73 Å². The van der Waals surface area contributed by atoms with Crippen LogP contribution in [0.5, 0.6) is 0 Å². The first kappa shape index (κ1) is 21.6. The molecule has 2 aromatic rings. The Balaban J connectivity index is 1.59. The lowest BCUT2D eigenvalue weighted by atomic mass is 9.84. The second kappa shape index (κ2) is 8.83. The van der Waals surface area contributed by atoms with Gasteiger partial charge < -0.3 is 20.9 Å². The second-order valence-electron chi connectivity index (χ2n) is 8.41. The zero-order chi connectivity index (χ0) is 22.7. The minimum Gasteiger partial charge on any atom is -0.383 e. The monoisotopic (exact) mass is 436 g/mol. The van der Waals surface area contributed by atoms with E-state index >= 15 is 0 Å². The van der Waals surface area contributed by atoms with Gasteiger partial charge in [-0.1, -0.05) is 0 Å². The van der Waals surface area contributed by atoms with Crippen molar-refractivity contribution in [1.82, 2.24) is 9.88 Å². The predicted octanol–water partition coefficient (Wildman–Crippen LogP) is 2.65. The molecule has 0 atom stereocenters. The molecular weight excluding hydrogens is 411 g/mol. The Kier molecular flexibility index (Phi) is 5.95. The van der Waals surface area contributed by atoms with Crippen LogP contribution in [0.1, 0.15) is 37.7 Å². The number of pyridine rings is 1. The number of piperidine rings is 1. The van der Waals surface area contributed by atoms with Gasteiger partial charge in [0.05, 0.1) is 29.4 Å². The molecule has 1 aromatic carbocycles. The van der Waals surface area contributed by atoms with Crippen LogP contribution in [0.2, 0.25) is 0 Å². The van der Waals surface area contributed by atoms with Crippen molar-refractivity contribution in [2.75, 3.05) is 18.4 Å². The highest BCUT2D eigenvalue weighted by atomic mass is 19.1. The van der Waals surface area contributed by atoms with Crippen LogP contribution in [-0.4, -0.2) is 40.3 Å². The van der Waals surface area contributed by atoms with Crippen molar-refractivity contribution < 1.29 is 9.18 Å². The number of rotatable bonds is 6. The fourth-order valence-corrected chi connectivity index (χ4v) is 4.07. The molecule has 2 heterocycles. The van der Waals surface area contributed by atoms with E-state index in [0.717, 1.165) is 12.8 Å². The Morgan fingerprint density at radius 3 is 2.59 bits per heavy atom. The first-order valence-corrected chi connectivity index (χ1v) is 10.7. The molecule has 1 aliphatic heterocycles. The van der Waals surface area contributed by atoms with Crippen LogP contribution in [0.15, 0.2) is 46.3 Å². The van der Waals surface area contributed by atoms with Crippen molar-refractivity contribution in [2.45, 2.75) is 37.6 Å². The van der Waals surface area contributed by atoms with Crippen molar-refractivity contribution in [3.8, 4) is 6.07 Å². The molecule has 4 rings (SSSR count). The summed E-state index contributed by atoms with van der Waals surface area (Å²) in [6.07, 6.45) is 4.81. The van der Waals surface area contributed by atoms with Gasteiger partial charge in [0.2, 0.25) is 5.91 Å². The number of carbonyl (C=O) groups is 1. The number of hydrogen-bond donors (Lipinski definition) is 3. The fraction of sp³-hybridized carbons (Fsp3) is 0.391. The van der Waals surface area contributed by atoms with Gasteiger partial charge in [0.1, 0.15) is 17.2 Å². The van der Waals surface area contributed by atoms with Gasteiger partial charge in [-0.2, -0.15) is 5.26 Å². The molecule has 2 fully saturated rings. The Morgan fingerprint density at radius 2 is 1.97 bits per heavy atom. The molecule has 9 heteroatoms. The molecule has 1 saturated heterocycles. The number of nitriles is 1. The highest BCUT2D eigenvalue weighted by Crippen LogP contribution is 2.35. The number of H-pyrrole nitrogens is 1. The summed E-state index contributed by atoms with van der Waals surface area (Å²) < 4.78 is 13.2. The van der Waals surface area contributed by atoms with Gasteiger partial charge in [-0.25, -0.2) is 9.38 Å². The zero-order valence-electron chi connectivity index (χ0n) is 17.6. The number of anilines is 1. The maximum absolute atomic E-state index is 13.2. The number of amidine groups is 1. The number of nitrogens with one attached hydrogen (secondary N) is 2. The average Bonchev–Trinajstić information content (AvgIpc) is 3.61. The second-order valence-corrected chi connectivity index (χ2v) is 8.41. The lowest BCUT2D eigenvalue weighted by molar-refractivity contribution is -0.133. The summed E-state index contributed by atoms with van der Waals surface area (Å²) in [5.41, 5.74) is 6.19. The Bertz CT molecular complexity index is 1120.